The average molecular weight is 672 g/mol. The van der Waals surface area contributed by atoms with E-state index < -0.39 is 48.4 Å². The lowest BCUT2D eigenvalue weighted by atomic mass is 10.2. The van der Waals surface area contributed by atoms with Crippen LogP contribution in [0.1, 0.15) is 18.2 Å². The van der Waals surface area contributed by atoms with Crippen LogP contribution in [0.3, 0.4) is 0 Å². The first-order valence-electron chi connectivity index (χ1n) is 12.1. The molecule has 0 radical (unpaired) electrons. The molecule has 2 unspecified atom stereocenters. The summed E-state index contributed by atoms with van der Waals surface area (Å²) >= 11 is 5.74. The molecule has 1 aliphatic rings. The molecule has 0 bridgehead atoms. The average Bonchev–Trinajstić information content (AvgIpc) is 3.49. The summed E-state index contributed by atoms with van der Waals surface area (Å²) in [5.74, 6) is 0.543. The number of hydrogen-bond acceptors (Lipinski definition) is 13. The first-order valence-corrected chi connectivity index (χ1v) is 17.2. The maximum Gasteiger partial charge on any atom is 0.492 e. The van der Waals surface area contributed by atoms with Crippen LogP contribution in [0.2, 0.25) is 0 Å². The molecule has 1 fully saturated rings. The van der Waals surface area contributed by atoms with Gasteiger partial charge in [0.25, 0.3) is 0 Å². The molecule has 22 heteroatoms. The fraction of sp³-hybridized carbons (Fsp3) is 0.450. The zero-order valence-electron chi connectivity index (χ0n) is 21.9. The predicted octanol–water partition coefficient (Wildman–Crippen LogP) is 1.87. The molecule has 18 nitrogen and oxygen atoms in total. The molecule has 0 spiro atoms. The van der Waals surface area contributed by atoms with E-state index in [1.807, 2.05) is 11.9 Å². The van der Waals surface area contributed by atoms with Gasteiger partial charge < -0.3 is 35.2 Å². The van der Waals surface area contributed by atoms with E-state index in [4.69, 9.17) is 26.6 Å². The number of halogens is 1. The van der Waals surface area contributed by atoms with Gasteiger partial charge in [0.05, 0.1) is 19.0 Å². The van der Waals surface area contributed by atoms with Gasteiger partial charge in [-0.15, -0.1) is 11.6 Å². The van der Waals surface area contributed by atoms with E-state index in [-0.39, 0.29) is 18.8 Å². The second-order valence-electron chi connectivity index (χ2n) is 9.04. The summed E-state index contributed by atoms with van der Waals surface area (Å²) in [5, 5.41) is 12.6. The Morgan fingerprint density at radius 2 is 1.88 bits per heavy atom. The highest BCUT2D eigenvalue weighted by atomic mass is 35.5. The second-order valence-corrected chi connectivity index (χ2v) is 14.2. The summed E-state index contributed by atoms with van der Waals surface area (Å²) in [6.45, 7) is -0.472. The van der Waals surface area contributed by atoms with Crippen LogP contribution in [-0.4, -0.2) is 77.6 Å². The van der Waals surface area contributed by atoms with Gasteiger partial charge in [-0.3, -0.25) is 9.09 Å². The second kappa shape index (κ2) is 13.3. The smallest absolute Gasteiger partial charge is 0.390 e. The van der Waals surface area contributed by atoms with Gasteiger partial charge in [0.15, 0.2) is 11.5 Å². The van der Waals surface area contributed by atoms with Crippen molar-refractivity contribution in [2.45, 2.75) is 31.4 Å². The van der Waals surface area contributed by atoms with Gasteiger partial charge in [-0.25, -0.2) is 33.7 Å². The Balaban J connectivity index is 1.40. The maximum atomic E-state index is 13.1. The molecule has 1 aliphatic heterocycles. The fourth-order valence-corrected chi connectivity index (χ4v) is 8.04. The molecule has 5 atom stereocenters. The van der Waals surface area contributed by atoms with Crippen LogP contribution in [0, 0.1) is 0 Å². The number of benzene rings is 1. The molecule has 1 saturated heterocycles. The number of phosphoric acid groups is 2. The van der Waals surface area contributed by atoms with Crippen LogP contribution < -0.4 is 15.7 Å². The molecule has 42 heavy (non-hydrogen) atoms. The highest BCUT2D eigenvalue weighted by molar-refractivity contribution is 7.67. The number of nitrogen functional groups attached to an aromatic ring is 1. The summed E-state index contributed by atoms with van der Waals surface area (Å²) in [6.07, 6.45) is -0.754. The van der Waals surface area contributed by atoms with Gasteiger partial charge in [-0.1, -0.05) is 12.1 Å². The summed E-state index contributed by atoms with van der Waals surface area (Å²) in [7, 11) is -14.2. The van der Waals surface area contributed by atoms with Crippen LogP contribution in [0.4, 0.5) is 11.5 Å². The minimum Gasteiger partial charge on any atom is -0.390 e. The van der Waals surface area contributed by atoms with Gasteiger partial charge in [-0.2, -0.15) is 8.62 Å². The number of rotatable bonds is 14. The van der Waals surface area contributed by atoms with E-state index >= 15 is 0 Å². The Morgan fingerprint density at radius 1 is 1.17 bits per heavy atom. The lowest BCUT2D eigenvalue weighted by molar-refractivity contribution is -0.0420. The molecule has 3 aromatic rings. The number of hydrogen-bond donors (Lipinski definition) is 6. The Labute approximate surface area is 244 Å². The van der Waals surface area contributed by atoms with Gasteiger partial charge in [-0.05, 0) is 17.7 Å². The molecule has 4 rings (SSSR count). The number of fused-ring (bicyclic) bond motifs is 1. The van der Waals surface area contributed by atoms with E-state index in [1.165, 1.54) is 17.2 Å². The minimum atomic E-state index is -5.56. The van der Waals surface area contributed by atoms with Crippen molar-refractivity contribution in [2.75, 3.05) is 36.7 Å². The summed E-state index contributed by atoms with van der Waals surface area (Å²) in [6, 6.07) is 6.78. The Morgan fingerprint density at radius 3 is 2.55 bits per heavy atom. The summed E-state index contributed by atoms with van der Waals surface area (Å²) in [5.41, 5.74) is 7.76. The molecular weight excluding hydrogens is 643 g/mol. The van der Waals surface area contributed by atoms with Gasteiger partial charge >= 0.3 is 23.4 Å². The Hall–Kier alpha value is -2.01. The van der Waals surface area contributed by atoms with E-state index in [0.29, 0.717) is 29.2 Å². The molecule has 3 heterocycles. The third-order valence-corrected chi connectivity index (χ3v) is 10.5. The normalized spacial score (nSPS) is 22.2. The standard InChI is InChI=1S/C20H29ClN7O11P3/c1-27(7-6-21)14-4-2-13(3-5-14)9-26-40(30,31)38-42(35,39-41(32,33)34)36-10-16-15(29)8-17(37-16)28-12-25-18-19(22)23-11-24-20(18)28/h2-5,11-12,15-17,29H,6-10H2,1H3,(H2,22,23,24)(H2,26,30,31)(H2,32,33,34)/t15-,16+,17+,42?/m0/s1. The zero-order chi connectivity index (χ0) is 30.7. The van der Waals surface area contributed by atoms with Crippen LogP contribution >= 0.6 is 35.0 Å². The first kappa shape index (κ1) is 32.9. The Kier molecular flexibility index (Phi) is 10.4. The molecule has 0 saturated carbocycles. The predicted molar refractivity (Wildman–Crippen MR) is 149 cm³/mol. The third-order valence-electron chi connectivity index (χ3n) is 6.00. The number of aromatic nitrogens is 4. The van der Waals surface area contributed by atoms with Crippen molar-refractivity contribution < 1.29 is 51.4 Å². The molecule has 0 aliphatic carbocycles. The maximum absolute atomic E-state index is 13.1. The number of imidazole rings is 1. The Bertz CT molecular complexity index is 1530. The van der Waals surface area contributed by atoms with E-state index in [2.05, 4.69) is 28.7 Å². The number of nitrogens with two attached hydrogens (primary N) is 1. The van der Waals surface area contributed by atoms with Crippen molar-refractivity contribution >= 4 is 57.7 Å². The van der Waals surface area contributed by atoms with Crippen molar-refractivity contribution in [3.05, 3.63) is 42.5 Å². The van der Waals surface area contributed by atoms with Gasteiger partial charge in [0.2, 0.25) is 0 Å². The van der Waals surface area contributed by atoms with Crippen molar-refractivity contribution in [3.8, 4) is 0 Å². The molecule has 7 N–H and O–H groups in total. The number of ether oxygens (including phenoxy) is 1. The summed E-state index contributed by atoms with van der Waals surface area (Å²) < 4.78 is 58.2. The monoisotopic (exact) mass is 671 g/mol. The van der Waals surface area contributed by atoms with E-state index in [0.717, 1.165) is 5.69 Å². The number of nitrogens with zero attached hydrogens (tertiary/aromatic N) is 5. The van der Waals surface area contributed by atoms with Crippen LogP contribution in [0.25, 0.3) is 11.2 Å². The van der Waals surface area contributed by atoms with Crippen LogP contribution in [-0.2, 0) is 38.1 Å². The SMILES string of the molecule is CN(CCCl)c1ccc(CNP(=O)(O)OP(=O)(OC[C@H]2O[C@@H](n3cnc4c(N)ncnc43)C[C@@H]2O)OP(=O)(O)O)cc1. The van der Waals surface area contributed by atoms with Crippen molar-refractivity contribution in [1.82, 2.24) is 24.6 Å². The molecule has 2 aromatic heterocycles. The number of nitrogens with one attached hydrogen (secondary N) is 1. The third kappa shape index (κ3) is 8.55. The van der Waals surface area contributed by atoms with E-state index in [1.54, 1.807) is 24.3 Å². The van der Waals surface area contributed by atoms with Crippen molar-refractivity contribution in [2.24, 2.45) is 0 Å². The quantitative estimate of drug-likeness (QED) is 0.106. The summed E-state index contributed by atoms with van der Waals surface area (Å²) in [4.78, 5) is 42.7. The number of aliphatic hydroxyl groups is 1. The largest absolute Gasteiger partial charge is 0.492 e. The highest BCUT2D eigenvalue weighted by Crippen LogP contribution is 2.68. The van der Waals surface area contributed by atoms with Gasteiger partial charge in [0, 0.05) is 38.1 Å². The minimum absolute atomic E-state index is 0.0194. The highest BCUT2D eigenvalue weighted by Gasteiger charge is 2.45. The lowest BCUT2D eigenvalue weighted by Crippen LogP contribution is -2.26. The molecule has 1 aromatic carbocycles. The van der Waals surface area contributed by atoms with Gasteiger partial charge in [0.1, 0.15) is 24.2 Å². The zero-order valence-corrected chi connectivity index (χ0v) is 25.4. The molecular formula is C20H29ClN7O11P3. The van der Waals surface area contributed by atoms with E-state index in [9.17, 15) is 33.5 Å². The lowest BCUT2D eigenvalue weighted by Gasteiger charge is -2.23. The topological polar surface area (TPSA) is 254 Å². The molecule has 232 valence electrons. The molecule has 0 amide bonds. The number of alkyl halides is 1. The first-order chi connectivity index (χ1) is 19.7. The van der Waals surface area contributed by atoms with Crippen molar-refractivity contribution in [1.29, 1.82) is 0 Å². The van der Waals surface area contributed by atoms with Crippen LogP contribution in [0.15, 0.2) is 36.9 Å². The van der Waals surface area contributed by atoms with Crippen molar-refractivity contribution in [3.63, 3.8) is 0 Å². The number of anilines is 2. The number of aliphatic hydroxyl groups excluding tert-OH is 1. The fourth-order valence-electron chi connectivity index (χ4n) is 3.95. The van der Waals surface area contributed by atoms with Crippen LogP contribution in [0.5, 0.6) is 0 Å².